The average Bonchev–Trinajstić information content (AvgIpc) is 2.87. The number of fused-ring (bicyclic) bond motifs is 1. The second-order valence-electron chi connectivity index (χ2n) is 5.58. The molecular weight excluding hydrogens is 244 g/mol. The molecule has 1 saturated carbocycles. The summed E-state index contributed by atoms with van der Waals surface area (Å²) in [5, 5.41) is 0.866. The molecule has 18 heavy (non-hydrogen) atoms. The first-order valence-corrected chi connectivity index (χ1v) is 7.42. The Balaban J connectivity index is 1.89. The smallest absolute Gasteiger partial charge is 0.0642 e. The molecule has 1 aliphatic heterocycles. The van der Waals surface area contributed by atoms with E-state index in [-0.39, 0.29) is 0 Å². The van der Waals surface area contributed by atoms with Gasteiger partial charge in [0.05, 0.1) is 10.7 Å². The number of anilines is 1. The van der Waals surface area contributed by atoms with Gasteiger partial charge < -0.3 is 10.6 Å². The highest BCUT2D eigenvalue weighted by molar-refractivity contribution is 6.33. The van der Waals surface area contributed by atoms with Crippen molar-refractivity contribution in [1.29, 1.82) is 0 Å². The van der Waals surface area contributed by atoms with Crippen LogP contribution in [0.15, 0.2) is 18.2 Å². The SMILES string of the molecule is NCc1ccc(N2CCCC3CCCC32)c(Cl)c1. The summed E-state index contributed by atoms with van der Waals surface area (Å²) in [6, 6.07) is 7.01. The highest BCUT2D eigenvalue weighted by atomic mass is 35.5. The van der Waals surface area contributed by atoms with E-state index in [1.807, 2.05) is 6.07 Å². The van der Waals surface area contributed by atoms with Crippen LogP contribution < -0.4 is 10.6 Å². The maximum atomic E-state index is 6.43. The van der Waals surface area contributed by atoms with Gasteiger partial charge in [-0.25, -0.2) is 0 Å². The predicted octanol–water partition coefficient (Wildman–Crippen LogP) is 3.57. The summed E-state index contributed by atoms with van der Waals surface area (Å²) in [6.45, 7) is 1.72. The minimum absolute atomic E-state index is 0.562. The monoisotopic (exact) mass is 264 g/mol. The van der Waals surface area contributed by atoms with Crippen molar-refractivity contribution in [3.05, 3.63) is 28.8 Å². The third kappa shape index (κ3) is 2.12. The van der Waals surface area contributed by atoms with Crippen molar-refractivity contribution in [1.82, 2.24) is 0 Å². The van der Waals surface area contributed by atoms with Gasteiger partial charge in [-0.2, -0.15) is 0 Å². The summed E-state index contributed by atoms with van der Waals surface area (Å²) >= 11 is 6.43. The highest BCUT2D eigenvalue weighted by Gasteiger charge is 2.35. The maximum Gasteiger partial charge on any atom is 0.0642 e. The lowest BCUT2D eigenvalue weighted by atomic mass is 9.91. The minimum atomic E-state index is 0.562. The first-order valence-electron chi connectivity index (χ1n) is 7.04. The lowest BCUT2D eigenvalue weighted by Crippen LogP contribution is -2.42. The molecule has 2 nitrogen and oxygen atoms in total. The van der Waals surface area contributed by atoms with Crippen LogP contribution in [-0.4, -0.2) is 12.6 Å². The summed E-state index contributed by atoms with van der Waals surface area (Å²) in [5.41, 5.74) is 7.99. The second-order valence-corrected chi connectivity index (χ2v) is 5.99. The topological polar surface area (TPSA) is 29.3 Å². The first-order chi connectivity index (χ1) is 8.79. The maximum absolute atomic E-state index is 6.43. The van der Waals surface area contributed by atoms with E-state index >= 15 is 0 Å². The minimum Gasteiger partial charge on any atom is -0.367 e. The Kier molecular flexibility index (Phi) is 3.49. The number of benzene rings is 1. The fraction of sp³-hybridized carbons (Fsp3) is 0.600. The lowest BCUT2D eigenvalue weighted by molar-refractivity contribution is 0.362. The van der Waals surface area contributed by atoms with Crippen molar-refractivity contribution in [3.8, 4) is 0 Å². The Morgan fingerprint density at radius 2 is 2.06 bits per heavy atom. The number of nitrogens with two attached hydrogens (primary N) is 1. The molecule has 2 N–H and O–H groups in total. The quantitative estimate of drug-likeness (QED) is 0.885. The van der Waals surface area contributed by atoms with Crippen LogP contribution in [0.4, 0.5) is 5.69 Å². The summed E-state index contributed by atoms with van der Waals surface area (Å²) in [6.07, 6.45) is 6.82. The Morgan fingerprint density at radius 1 is 1.22 bits per heavy atom. The normalized spacial score (nSPS) is 27.3. The Hall–Kier alpha value is -0.730. The van der Waals surface area contributed by atoms with Crippen molar-refractivity contribution in [2.24, 2.45) is 11.7 Å². The molecule has 2 fully saturated rings. The van der Waals surface area contributed by atoms with Gasteiger partial charge in [0.25, 0.3) is 0 Å². The van der Waals surface area contributed by atoms with Crippen LogP contribution in [-0.2, 0) is 6.54 Å². The van der Waals surface area contributed by atoms with Crippen LogP contribution in [0.1, 0.15) is 37.7 Å². The van der Waals surface area contributed by atoms with E-state index in [1.165, 1.54) is 37.8 Å². The zero-order chi connectivity index (χ0) is 12.5. The first kappa shape index (κ1) is 12.3. The third-order valence-electron chi connectivity index (χ3n) is 4.55. The standard InChI is InChI=1S/C15H21ClN2/c16-13-9-11(10-17)6-7-15(13)18-8-2-4-12-3-1-5-14(12)18/h6-7,9,12,14H,1-5,8,10,17H2. The zero-order valence-electron chi connectivity index (χ0n) is 10.7. The summed E-state index contributed by atoms with van der Waals surface area (Å²) in [4.78, 5) is 2.55. The van der Waals surface area contributed by atoms with Gasteiger partial charge in [-0.05, 0) is 49.3 Å². The average molecular weight is 265 g/mol. The van der Waals surface area contributed by atoms with Crippen molar-refractivity contribution in [2.45, 2.75) is 44.7 Å². The summed E-state index contributed by atoms with van der Waals surface area (Å²) < 4.78 is 0. The molecule has 1 aliphatic carbocycles. The lowest BCUT2D eigenvalue weighted by Gasteiger charge is -2.40. The van der Waals surface area contributed by atoms with E-state index in [0.29, 0.717) is 6.54 Å². The van der Waals surface area contributed by atoms with E-state index in [4.69, 9.17) is 17.3 Å². The number of hydrogen-bond donors (Lipinski definition) is 1. The molecule has 0 bridgehead atoms. The molecule has 2 aliphatic rings. The molecule has 2 unspecified atom stereocenters. The van der Waals surface area contributed by atoms with Gasteiger partial charge in [0.1, 0.15) is 0 Å². The van der Waals surface area contributed by atoms with E-state index in [1.54, 1.807) is 0 Å². The van der Waals surface area contributed by atoms with Crippen LogP contribution in [0.2, 0.25) is 5.02 Å². The number of piperidine rings is 1. The van der Waals surface area contributed by atoms with Gasteiger partial charge in [0.2, 0.25) is 0 Å². The molecule has 0 aromatic heterocycles. The van der Waals surface area contributed by atoms with Gasteiger partial charge in [0, 0.05) is 19.1 Å². The Labute approximate surface area is 114 Å². The van der Waals surface area contributed by atoms with E-state index in [9.17, 15) is 0 Å². The Bertz CT molecular complexity index is 433. The molecule has 1 heterocycles. The zero-order valence-corrected chi connectivity index (χ0v) is 11.5. The molecule has 0 amide bonds. The number of rotatable bonds is 2. The van der Waals surface area contributed by atoms with Gasteiger partial charge in [-0.1, -0.05) is 24.1 Å². The van der Waals surface area contributed by atoms with Crippen LogP contribution >= 0.6 is 11.6 Å². The molecule has 0 spiro atoms. The van der Waals surface area contributed by atoms with Crippen molar-refractivity contribution >= 4 is 17.3 Å². The molecule has 1 aromatic carbocycles. The van der Waals surface area contributed by atoms with E-state index in [0.717, 1.165) is 29.1 Å². The predicted molar refractivity (Wildman–Crippen MR) is 77.1 cm³/mol. The molecule has 1 aromatic rings. The molecule has 3 heteroatoms. The van der Waals surface area contributed by atoms with Gasteiger partial charge in [0.15, 0.2) is 0 Å². The Morgan fingerprint density at radius 3 is 2.83 bits per heavy atom. The van der Waals surface area contributed by atoms with Gasteiger partial charge in [-0.3, -0.25) is 0 Å². The highest BCUT2D eigenvalue weighted by Crippen LogP contribution is 2.41. The van der Waals surface area contributed by atoms with E-state index < -0.39 is 0 Å². The molecule has 3 rings (SSSR count). The van der Waals surface area contributed by atoms with Gasteiger partial charge >= 0.3 is 0 Å². The largest absolute Gasteiger partial charge is 0.367 e. The summed E-state index contributed by atoms with van der Waals surface area (Å²) in [7, 11) is 0. The van der Waals surface area contributed by atoms with Gasteiger partial charge in [-0.15, -0.1) is 0 Å². The fourth-order valence-corrected chi connectivity index (χ4v) is 3.98. The number of halogens is 1. The van der Waals surface area contributed by atoms with Crippen LogP contribution in [0.3, 0.4) is 0 Å². The summed E-state index contributed by atoms with van der Waals surface area (Å²) in [5.74, 6) is 0.893. The number of nitrogens with zero attached hydrogens (tertiary/aromatic N) is 1. The third-order valence-corrected chi connectivity index (χ3v) is 4.85. The van der Waals surface area contributed by atoms with Crippen molar-refractivity contribution < 1.29 is 0 Å². The van der Waals surface area contributed by atoms with Crippen LogP contribution in [0.5, 0.6) is 0 Å². The van der Waals surface area contributed by atoms with Crippen LogP contribution in [0.25, 0.3) is 0 Å². The second kappa shape index (κ2) is 5.10. The van der Waals surface area contributed by atoms with Crippen LogP contribution in [0, 0.1) is 5.92 Å². The number of hydrogen-bond acceptors (Lipinski definition) is 2. The molecule has 98 valence electrons. The van der Waals surface area contributed by atoms with Crippen molar-refractivity contribution in [2.75, 3.05) is 11.4 Å². The molecular formula is C15H21ClN2. The van der Waals surface area contributed by atoms with Crippen molar-refractivity contribution in [3.63, 3.8) is 0 Å². The molecule has 2 atom stereocenters. The molecule has 0 radical (unpaired) electrons. The van der Waals surface area contributed by atoms with E-state index in [2.05, 4.69) is 17.0 Å². The fourth-order valence-electron chi connectivity index (χ4n) is 3.66. The molecule has 1 saturated heterocycles.